The molecular formula is C19H20ClN. The van der Waals surface area contributed by atoms with Crippen molar-refractivity contribution in [1.29, 1.82) is 0 Å². The van der Waals surface area contributed by atoms with E-state index in [-0.39, 0.29) is 0 Å². The molecular weight excluding hydrogens is 278 g/mol. The molecule has 21 heavy (non-hydrogen) atoms. The van der Waals surface area contributed by atoms with Crippen LogP contribution in [-0.2, 0) is 6.42 Å². The van der Waals surface area contributed by atoms with E-state index < -0.39 is 0 Å². The second kappa shape index (κ2) is 5.47. The molecule has 0 radical (unpaired) electrons. The highest BCUT2D eigenvalue weighted by atomic mass is 35.5. The summed E-state index contributed by atoms with van der Waals surface area (Å²) in [6.45, 7) is 1.08. The summed E-state index contributed by atoms with van der Waals surface area (Å²) in [6.07, 6.45) is 3.92. The number of nitrogens with one attached hydrogen (secondary N) is 1. The van der Waals surface area contributed by atoms with Gasteiger partial charge >= 0.3 is 0 Å². The third kappa shape index (κ3) is 2.73. The van der Waals surface area contributed by atoms with Gasteiger partial charge in [-0.25, -0.2) is 0 Å². The average molecular weight is 298 g/mol. The maximum atomic E-state index is 6.01. The molecule has 2 aromatic carbocycles. The van der Waals surface area contributed by atoms with Crippen molar-refractivity contribution in [2.24, 2.45) is 5.92 Å². The molecule has 1 N–H and O–H groups in total. The second-order valence-corrected chi connectivity index (χ2v) is 6.81. The molecule has 1 fully saturated rings. The molecule has 0 heterocycles. The molecule has 0 amide bonds. The summed E-state index contributed by atoms with van der Waals surface area (Å²) in [5, 5.41) is 4.64. The molecule has 1 saturated carbocycles. The van der Waals surface area contributed by atoms with Crippen LogP contribution < -0.4 is 5.32 Å². The lowest BCUT2D eigenvalue weighted by atomic mass is 9.77. The van der Waals surface area contributed by atoms with Gasteiger partial charge in [0, 0.05) is 23.5 Å². The van der Waals surface area contributed by atoms with E-state index in [4.69, 9.17) is 11.6 Å². The summed E-state index contributed by atoms with van der Waals surface area (Å²) < 4.78 is 0. The normalized spacial score (nSPS) is 21.5. The fraction of sp³-hybridized carbons (Fsp3) is 0.368. The molecule has 4 rings (SSSR count). The summed E-state index contributed by atoms with van der Waals surface area (Å²) in [7, 11) is 0. The van der Waals surface area contributed by atoms with Crippen LogP contribution in [0.25, 0.3) is 0 Å². The van der Waals surface area contributed by atoms with Crippen molar-refractivity contribution in [3.8, 4) is 0 Å². The molecule has 2 aromatic rings. The number of hydrogen-bond acceptors (Lipinski definition) is 1. The van der Waals surface area contributed by atoms with Gasteiger partial charge in [-0.05, 0) is 54.0 Å². The maximum Gasteiger partial charge on any atom is 0.0406 e. The molecule has 0 spiro atoms. The Hall–Kier alpha value is -1.31. The van der Waals surface area contributed by atoms with Crippen molar-refractivity contribution >= 4 is 11.6 Å². The molecule has 108 valence electrons. The Bertz CT molecular complexity index is 630. The van der Waals surface area contributed by atoms with Gasteiger partial charge in [0.1, 0.15) is 0 Å². The van der Waals surface area contributed by atoms with E-state index in [1.54, 1.807) is 0 Å². The Labute approximate surface area is 131 Å². The Kier molecular flexibility index (Phi) is 3.48. The zero-order chi connectivity index (χ0) is 14.2. The average Bonchev–Trinajstić information content (AvgIpc) is 3.30. The van der Waals surface area contributed by atoms with Crippen LogP contribution in [0.4, 0.5) is 0 Å². The number of halogens is 1. The number of fused-ring (bicyclic) bond motifs is 1. The molecule has 0 saturated heterocycles. The largest absolute Gasteiger partial charge is 0.309 e. The first-order valence-electron chi connectivity index (χ1n) is 7.88. The van der Waals surface area contributed by atoms with Crippen LogP contribution in [0.2, 0.25) is 5.02 Å². The molecule has 2 atom stereocenters. The number of rotatable bonds is 5. The molecule has 1 nitrogen and oxygen atoms in total. The lowest BCUT2D eigenvalue weighted by molar-refractivity contribution is 0.437. The van der Waals surface area contributed by atoms with Gasteiger partial charge in [0.2, 0.25) is 0 Å². The van der Waals surface area contributed by atoms with E-state index in [9.17, 15) is 0 Å². The second-order valence-electron chi connectivity index (χ2n) is 6.37. The van der Waals surface area contributed by atoms with Crippen LogP contribution in [0, 0.1) is 5.92 Å². The van der Waals surface area contributed by atoms with Crippen molar-refractivity contribution in [1.82, 2.24) is 5.32 Å². The topological polar surface area (TPSA) is 12.0 Å². The number of benzene rings is 2. The zero-order valence-corrected chi connectivity index (χ0v) is 12.8. The van der Waals surface area contributed by atoms with Crippen LogP contribution in [0.1, 0.15) is 41.5 Å². The first-order valence-corrected chi connectivity index (χ1v) is 8.26. The molecule has 2 aliphatic carbocycles. The van der Waals surface area contributed by atoms with E-state index in [1.807, 2.05) is 12.1 Å². The number of hydrogen-bond donors (Lipinski definition) is 1. The van der Waals surface area contributed by atoms with E-state index in [2.05, 4.69) is 41.7 Å². The van der Waals surface area contributed by atoms with Gasteiger partial charge in [0.05, 0.1) is 0 Å². The van der Waals surface area contributed by atoms with Gasteiger partial charge in [-0.1, -0.05) is 48.0 Å². The maximum absolute atomic E-state index is 6.01. The van der Waals surface area contributed by atoms with Gasteiger partial charge in [-0.2, -0.15) is 0 Å². The van der Waals surface area contributed by atoms with Gasteiger partial charge in [-0.3, -0.25) is 0 Å². The van der Waals surface area contributed by atoms with Crippen molar-refractivity contribution in [3.05, 3.63) is 70.2 Å². The predicted octanol–water partition coefficient (Wildman–Crippen LogP) is 4.72. The van der Waals surface area contributed by atoms with Crippen LogP contribution in [0.15, 0.2) is 48.5 Å². The van der Waals surface area contributed by atoms with Gasteiger partial charge in [0.25, 0.3) is 0 Å². The van der Waals surface area contributed by atoms with E-state index in [0.717, 1.165) is 17.5 Å². The van der Waals surface area contributed by atoms with Gasteiger partial charge < -0.3 is 5.32 Å². The molecule has 2 aliphatic rings. The molecule has 0 aliphatic heterocycles. The highest BCUT2D eigenvalue weighted by Gasteiger charge is 2.33. The Morgan fingerprint density at radius 1 is 1.05 bits per heavy atom. The SMILES string of the molecule is Clc1ccc(C(NCC2Cc3ccccc32)C2CC2)cc1. The minimum absolute atomic E-state index is 0.495. The van der Waals surface area contributed by atoms with Gasteiger partial charge in [-0.15, -0.1) is 0 Å². The van der Waals surface area contributed by atoms with Crippen LogP contribution >= 0.6 is 11.6 Å². The summed E-state index contributed by atoms with van der Waals surface area (Å²) in [6, 6.07) is 17.7. The highest BCUT2D eigenvalue weighted by Crippen LogP contribution is 2.42. The molecule has 0 bridgehead atoms. The van der Waals surface area contributed by atoms with Crippen LogP contribution in [0.3, 0.4) is 0 Å². The van der Waals surface area contributed by atoms with Crippen molar-refractivity contribution < 1.29 is 0 Å². The van der Waals surface area contributed by atoms with E-state index in [0.29, 0.717) is 12.0 Å². The predicted molar refractivity (Wildman–Crippen MR) is 87.8 cm³/mol. The minimum Gasteiger partial charge on any atom is -0.309 e. The molecule has 2 unspecified atom stereocenters. The zero-order valence-electron chi connectivity index (χ0n) is 12.1. The third-order valence-electron chi connectivity index (χ3n) is 4.87. The summed E-state index contributed by atoms with van der Waals surface area (Å²) >= 11 is 6.01. The lowest BCUT2D eigenvalue weighted by Gasteiger charge is -2.32. The Morgan fingerprint density at radius 3 is 2.52 bits per heavy atom. The summed E-state index contributed by atoms with van der Waals surface area (Å²) in [5.41, 5.74) is 4.45. The quantitative estimate of drug-likeness (QED) is 0.842. The van der Waals surface area contributed by atoms with Crippen molar-refractivity contribution in [2.45, 2.75) is 31.2 Å². The Balaban J connectivity index is 1.44. The third-order valence-corrected chi connectivity index (χ3v) is 5.12. The fourth-order valence-corrected chi connectivity index (χ4v) is 3.60. The monoisotopic (exact) mass is 297 g/mol. The van der Waals surface area contributed by atoms with Gasteiger partial charge in [0.15, 0.2) is 0 Å². The first-order chi connectivity index (χ1) is 10.3. The van der Waals surface area contributed by atoms with Crippen LogP contribution in [0.5, 0.6) is 0 Å². The Morgan fingerprint density at radius 2 is 1.81 bits per heavy atom. The van der Waals surface area contributed by atoms with E-state index in [1.165, 1.54) is 36.0 Å². The molecule has 2 heteroatoms. The standard InChI is InChI=1S/C19H20ClN/c20-17-9-7-14(8-10-17)19(13-5-6-13)21-12-16-11-15-3-1-2-4-18(15)16/h1-4,7-10,13,16,19,21H,5-6,11-12H2. The summed E-state index contributed by atoms with van der Waals surface area (Å²) in [4.78, 5) is 0. The summed E-state index contributed by atoms with van der Waals surface area (Å²) in [5.74, 6) is 1.50. The fourth-order valence-electron chi connectivity index (χ4n) is 3.47. The van der Waals surface area contributed by atoms with Crippen molar-refractivity contribution in [2.75, 3.05) is 6.54 Å². The minimum atomic E-state index is 0.495. The lowest BCUT2D eigenvalue weighted by Crippen LogP contribution is -2.32. The molecule has 0 aromatic heterocycles. The van der Waals surface area contributed by atoms with Crippen molar-refractivity contribution in [3.63, 3.8) is 0 Å². The van der Waals surface area contributed by atoms with E-state index >= 15 is 0 Å². The first kappa shape index (κ1) is 13.4. The van der Waals surface area contributed by atoms with Crippen LogP contribution in [-0.4, -0.2) is 6.54 Å². The smallest absolute Gasteiger partial charge is 0.0406 e. The highest BCUT2D eigenvalue weighted by molar-refractivity contribution is 6.30.